The number of phenolic OH excluding ortho intramolecular Hbond substituents is 1. The normalized spacial score (nSPS) is 11.1. The van der Waals surface area contributed by atoms with Crippen LogP contribution >= 0.6 is 0 Å². The van der Waals surface area contributed by atoms with Gasteiger partial charge in [-0.05, 0) is 24.6 Å². The summed E-state index contributed by atoms with van der Waals surface area (Å²) in [6, 6.07) is 9.95. The van der Waals surface area contributed by atoms with Gasteiger partial charge in [0.25, 0.3) is 11.5 Å². The number of hydrazone groups is 1. The number of aryl methyl sites for hydroxylation is 1. The van der Waals surface area contributed by atoms with Crippen molar-refractivity contribution >= 4 is 22.9 Å². The quantitative estimate of drug-likeness (QED) is 0.424. The third-order valence-corrected chi connectivity index (χ3v) is 4.69. The summed E-state index contributed by atoms with van der Waals surface area (Å²) in [6.45, 7) is 2.44. The zero-order valence-electron chi connectivity index (χ0n) is 17.6. The van der Waals surface area contributed by atoms with E-state index in [0.717, 1.165) is 12.8 Å². The van der Waals surface area contributed by atoms with Crippen molar-refractivity contribution in [2.24, 2.45) is 5.10 Å². The minimum atomic E-state index is -0.546. The Hall–Kier alpha value is -3.88. The third-order valence-electron chi connectivity index (χ3n) is 4.69. The van der Waals surface area contributed by atoms with E-state index in [1.54, 1.807) is 36.4 Å². The summed E-state index contributed by atoms with van der Waals surface area (Å²) in [5.74, 6) is -0.253. The molecule has 0 aliphatic carbocycles. The molecule has 2 aromatic carbocycles. The third kappa shape index (κ3) is 4.66. The van der Waals surface area contributed by atoms with Gasteiger partial charge in [0.1, 0.15) is 0 Å². The number of nitrogens with zero attached hydrogens (tertiary/aromatic N) is 3. The minimum Gasteiger partial charge on any atom is -0.502 e. The first-order chi connectivity index (χ1) is 15.0. The summed E-state index contributed by atoms with van der Waals surface area (Å²) in [6.07, 6.45) is 3.05. The number of fused-ring (bicyclic) bond motifs is 1. The van der Waals surface area contributed by atoms with Gasteiger partial charge in [-0.25, -0.2) is 10.1 Å². The second-order valence-corrected chi connectivity index (χ2v) is 6.75. The Morgan fingerprint density at radius 1 is 1.19 bits per heavy atom. The smallest absolute Gasteiger partial charge is 0.292 e. The van der Waals surface area contributed by atoms with Crippen LogP contribution in [0.3, 0.4) is 0 Å². The molecule has 162 valence electrons. The molecule has 0 spiro atoms. The molecule has 0 bridgehead atoms. The highest BCUT2D eigenvalue weighted by Crippen LogP contribution is 2.36. The van der Waals surface area contributed by atoms with E-state index in [9.17, 15) is 14.7 Å². The van der Waals surface area contributed by atoms with Gasteiger partial charge in [0, 0.05) is 17.5 Å². The van der Waals surface area contributed by atoms with Crippen LogP contribution in [0.4, 0.5) is 0 Å². The fourth-order valence-electron chi connectivity index (χ4n) is 3.07. The molecule has 9 nitrogen and oxygen atoms in total. The molecule has 1 heterocycles. The van der Waals surface area contributed by atoms with Crippen molar-refractivity contribution < 1.29 is 19.4 Å². The summed E-state index contributed by atoms with van der Waals surface area (Å²) < 4.78 is 11.5. The molecule has 0 fully saturated rings. The van der Waals surface area contributed by atoms with Gasteiger partial charge in [-0.3, -0.25) is 9.59 Å². The van der Waals surface area contributed by atoms with E-state index < -0.39 is 5.91 Å². The van der Waals surface area contributed by atoms with Gasteiger partial charge >= 0.3 is 0 Å². The molecule has 0 aliphatic heterocycles. The van der Waals surface area contributed by atoms with Gasteiger partial charge < -0.3 is 14.6 Å². The predicted octanol–water partition coefficient (Wildman–Crippen LogP) is 2.68. The first kappa shape index (κ1) is 21.8. The number of hydrogen-bond donors (Lipinski definition) is 2. The number of carbonyl (C=O) groups excluding carboxylic acids is 1. The van der Waals surface area contributed by atoms with Gasteiger partial charge in [0.05, 0.1) is 25.8 Å². The zero-order chi connectivity index (χ0) is 22.4. The molecule has 1 aromatic heterocycles. The van der Waals surface area contributed by atoms with E-state index in [-0.39, 0.29) is 28.5 Å². The first-order valence-corrected chi connectivity index (χ1v) is 9.78. The standard InChI is InChI=1S/C22H24N4O5/c1-4-5-10-26-22(29)16-9-7-6-8-15(16)19(25-26)21(28)24-23-13-14-11-17(30-2)20(27)18(12-14)31-3/h6-9,11-13,27H,4-5,10H2,1-3H3,(H,24,28)/b23-13+. The number of nitrogens with one attached hydrogen (secondary N) is 1. The first-order valence-electron chi connectivity index (χ1n) is 9.78. The fourth-order valence-corrected chi connectivity index (χ4v) is 3.07. The monoisotopic (exact) mass is 424 g/mol. The number of aromatic hydroxyl groups is 1. The molecule has 3 aromatic rings. The molecule has 0 saturated heterocycles. The number of phenols is 1. The van der Waals surface area contributed by atoms with Crippen LogP contribution in [0.5, 0.6) is 17.2 Å². The van der Waals surface area contributed by atoms with Gasteiger partial charge in [0.2, 0.25) is 5.75 Å². The minimum absolute atomic E-state index is 0.115. The molecule has 0 radical (unpaired) electrons. The molecule has 2 N–H and O–H groups in total. The number of methoxy groups -OCH3 is 2. The van der Waals surface area contributed by atoms with Crippen LogP contribution in [-0.2, 0) is 6.54 Å². The predicted molar refractivity (Wildman–Crippen MR) is 117 cm³/mol. The van der Waals surface area contributed by atoms with E-state index in [1.165, 1.54) is 25.1 Å². The van der Waals surface area contributed by atoms with Crippen LogP contribution in [0.1, 0.15) is 35.8 Å². The maximum absolute atomic E-state index is 12.8. The Labute approximate surface area is 178 Å². The lowest BCUT2D eigenvalue weighted by Crippen LogP contribution is -2.29. The van der Waals surface area contributed by atoms with Crippen molar-refractivity contribution in [3.63, 3.8) is 0 Å². The number of unbranched alkanes of at least 4 members (excludes halogenated alkanes) is 1. The molecule has 0 aliphatic rings. The van der Waals surface area contributed by atoms with E-state index in [2.05, 4.69) is 15.6 Å². The highest BCUT2D eigenvalue weighted by atomic mass is 16.5. The summed E-state index contributed by atoms with van der Waals surface area (Å²) in [5, 5.41) is 19.1. The number of amides is 1. The van der Waals surface area contributed by atoms with Crippen molar-refractivity contribution in [3.05, 3.63) is 58.0 Å². The maximum Gasteiger partial charge on any atom is 0.292 e. The Bertz CT molecular complexity index is 1160. The molecule has 3 rings (SSSR count). The van der Waals surface area contributed by atoms with Crippen LogP contribution in [-0.4, -0.2) is 41.2 Å². The summed E-state index contributed by atoms with van der Waals surface area (Å²) in [4.78, 5) is 25.4. The van der Waals surface area contributed by atoms with Crippen LogP contribution in [0.2, 0.25) is 0 Å². The summed E-state index contributed by atoms with van der Waals surface area (Å²) in [7, 11) is 2.84. The molecule has 0 unspecified atom stereocenters. The van der Waals surface area contributed by atoms with Crippen molar-refractivity contribution in [1.82, 2.24) is 15.2 Å². The lowest BCUT2D eigenvalue weighted by Gasteiger charge is -2.10. The maximum atomic E-state index is 12.8. The van der Waals surface area contributed by atoms with E-state index >= 15 is 0 Å². The SMILES string of the molecule is CCCCn1nc(C(=O)N/N=C/c2cc(OC)c(O)c(OC)c2)c2ccccc2c1=O. The molecule has 1 amide bonds. The van der Waals surface area contributed by atoms with Crippen LogP contribution in [0.25, 0.3) is 10.8 Å². The van der Waals surface area contributed by atoms with Gasteiger partial charge in [-0.1, -0.05) is 31.5 Å². The van der Waals surface area contributed by atoms with Crippen LogP contribution in [0, 0.1) is 0 Å². The molecular weight excluding hydrogens is 400 g/mol. The lowest BCUT2D eigenvalue weighted by atomic mass is 10.1. The topological polar surface area (TPSA) is 115 Å². The number of rotatable bonds is 8. The largest absolute Gasteiger partial charge is 0.502 e. The molecule has 0 atom stereocenters. The van der Waals surface area contributed by atoms with E-state index in [4.69, 9.17) is 9.47 Å². The highest BCUT2D eigenvalue weighted by Gasteiger charge is 2.16. The van der Waals surface area contributed by atoms with Crippen molar-refractivity contribution in [2.75, 3.05) is 14.2 Å². The van der Waals surface area contributed by atoms with Crippen LogP contribution < -0.4 is 20.5 Å². The molecule has 0 saturated carbocycles. The Balaban J connectivity index is 1.90. The Morgan fingerprint density at radius 3 is 2.45 bits per heavy atom. The Kier molecular flexibility index (Phi) is 6.86. The average molecular weight is 424 g/mol. The highest BCUT2D eigenvalue weighted by molar-refractivity contribution is 6.05. The summed E-state index contributed by atoms with van der Waals surface area (Å²) in [5.41, 5.74) is 2.87. The van der Waals surface area contributed by atoms with Gasteiger partial charge in [0.15, 0.2) is 17.2 Å². The van der Waals surface area contributed by atoms with Gasteiger partial charge in [-0.15, -0.1) is 0 Å². The fraction of sp³-hybridized carbons (Fsp3) is 0.273. The van der Waals surface area contributed by atoms with Crippen molar-refractivity contribution in [1.29, 1.82) is 0 Å². The van der Waals surface area contributed by atoms with E-state index in [1.807, 2.05) is 6.92 Å². The van der Waals surface area contributed by atoms with Gasteiger partial charge in [-0.2, -0.15) is 10.2 Å². The second-order valence-electron chi connectivity index (χ2n) is 6.75. The van der Waals surface area contributed by atoms with Crippen LogP contribution in [0.15, 0.2) is 46.3 Å². The molecule has 31 heavy (non-hydrogen) atoms. The zero-order valence-corrected chi connectivity index (χ0v) is 17.6. The van der Waals surface area contributed by atoms with Crippen molar-refractivity contribution in [3.8, 4) is 17.2 Å². The number of benzene rings is 2. The molecule has 9 heteroatoms. The molecular formula is C22H24N4O5. The second kappa shape index (κ2) is 9.75. The number of carbonyl (C=O) groups is 1. The lowest BCUT2D eigenvalue weighted by molar-refractivity contribution is 0.0949. The number of aromatic nitrogens is 2. The number of hydrogen-bond acceptors (Lipinski definition) is 7. The van der Waals surface area contributed by atoms with E-state index in [0.29, 0.717) is 22.9 Å². The van der Waals surface area contributed by atoms with Crippen molar-refractivity contribution in [2.45, 2.75) is 26.3 Å². The number of ether oxygens (including phenoxy) is 2. The Morgan fingerprint density at radius 2 is 1.84 bits per heavy atom. The summed E-state index contributed by atoms with van der Waals surface area (Å²) >= 11 is 0. The average Bonchev–Trinajstić information content (AvgIpc) is 2.79.